The molecule has 0 fully saturated rings. The van der Waals surface area contributed by atoms with Gasteiger partial charge in [0.2, 0.25) is 10.0 Å². The molecule has 0 saturated carbocycles. The molecular formula is C16H21N3O2S. The third-order valence-corrected chi connectivity index (χ3v) is 5.03. The monoisotopic (exact) mass is 319 g/mol. The van der Waals surface area contributed by atoms with E-state index in [1.165, 1.54) is 0 Å². The Hall–Kier alpha value is -1.92. The fraction of sp³-hybridized carbons (Fsp3) is 0.312. The van der Waals surface area contributed by atoms with E-state index in [-0.39, 0.29) is 0 Å². The first-order chi connectivity index (χ1) is 10.4. The van der Waals surface area contributed by atoms with Gasteiger partial charge in [0.05, 0.1) is 4.90 Å². The molecule has 0 spiro atoms. The van der Waals surface area contributed by atoms with Gasteiger partial charge in [0.25, 0.3) is 0 Å². The first-order valence-corrected chi connectivity index (χ1v) is 8.61. The van der Waals surface area contributed by atoms with Crippen LogP contribution in [0.2, 0.25) is 0 Å². The highest BCUT2D eigenvalue weighted by Gasteiger charge is 2.19. The van der Waals surface area contributed by atoms with Crippen LogP contribution in [-0.2, 0) is 10.0 Å². The minimum absolute atomic E-state index is 0.297. The Morgan fingerprint density at radius 1 is 1.05 bits per heavy atom. The lowest BCUT2D eigenvalue weighted by molar-refractivity contribution is 0.581. The van der Waals surface area contributed by atoms with Gasteiger partial charge in [-0.2, -0.15) is 0 Å². The van der Waals surface area contributed by atoms with Crippen molar-refractivity contribution >= 4 is 15.8 Å². The molecule has 0 aliphatic rings. The van der Waals surface area contributed by atoms with Gasteiger partial charge in [0, 0.05) is 19.3 Å². The number of benzene rings is 1. The Bertz CT molecular complexity index is 720. The lowest BCUT2D eigenvalue weighted by Gasteiger charge is -2.13. The van der Waals surface area contributed by atoms with Gasteiger partial charge >= 0.3 is 0 Å². The van der Waals surface area contributed by atoms with Gasteiger partial charge in [-0.05, 0) is 44.0 Å². The van der Waals surface area contributed by atoms with E-state index in [1.54, 1.807) is 6.20 Å². The Labute approximate surface area is 131 Å². The summed E-state index contributed by atoms with van der Waals surface area (Å²) in [6.45, 7) is 6.37. The summed E-state index contributed by atoms with van der Waals surface area (Å²) in [6, 6.07) is 9.31. The lowest BCUT2D eigenvalue weighted by Crippen LogP contribution is -2.30. The van der Waals surface area contributed by atoms with Crippen LogP contribution in [0.4, 0.5) is 5.82 Å². The number of hydrogen-bond acceptors (Lipinski definition) is 4. The predicted molar refractivity (Wildman–Crippen MR) is 88.6 cm³/mol. The normalized spacial score (nSPS) is 11.4. The second kappa shape index (κ2) is 6.89. The summed E-state index contributed by atoms with van der Waals surface area (Å²) in [6.07, 6.45) is 1.69. The first kappa shape index (κ1) is 16.5. The number of sulfonamides is 1. The maximum absolute atomic E-state index is 12.4. The molecule has 0 radical (unpaired) electrons. The van der Waals surface area contributed by atoms with E-state index in [1.807, 2.05) is 51.1 Å². The fourth-order valence-corrected chi connectivity index (χ4v) is 3.99. The first-order valence-electron chi connectivity index (χ1n) is 7.12. The second-order valence-electron chi connectivity index (χ2n) is 5.27. The SMILES string of the molecule is Cc1cc(C)c(S(=O)(=O)NCCNc2ccccn2)c(C)c1. The van der Waals surface area contributed by atoms with Gasteiger partial charge in [-0.15, -0.1) is 0 Å². The zero-order valence-electron chi connectivity index (χ0n) is 13.1. The topological polar surface area (TPSA) is 71.1 Å². The van der Waals surface area contributed by atoms with Crippen molar-refractivity contribution in [3.05, 3.63) is 53.2 Å². The van der Waals surface area contributed by atoms with Crippen molar-refractivity contribution in [2.45, 2.75) is 25.7 Å². The van der Waals surface area contributed by atoms with Crippen LogP contribution in [0.15, 0.2) is 41.4 Å². The summed E-state index contributed by atoms with van der Waals surface area (Å²) in [5.41, 5.74) is 2.59. The van der Waals surface area contributed by atoms with Crippen molar-refractivity contribution in [2.75, 3.05) is 18.4 Å². The van der Waals surface area contributed by atoms with Crippen LogP contribution in [0.3, 0.4) is 0 Å². The number of nitrogens with zero attached hydrogens (tertiary/aromatic N) is 1. The molecule has 0 aliphatic carbocycles. The summed E-state index contributed by atoms with van der Waals surface area (Å²) >= 11 is 0. The quantitative estimate of drug-likeness (QED) is 0.802. The highest BCUT2D eigenvalue weighted by atomic mass is 32.2. The van der Waals surface area contributed by atoms with Gasteiger partial charge in [0.15, 0.2) is 0 Å². The van der Waals surface area contributed by atoms with Crippen molar-refractivity contribution in [2.24, 2.45) is 0 Å². The number of aromatic nitrogens is 1. The van der Waals surface area contributed by atoms with Crippen LogP contribution < -0.4 is 10.0 Å². The zero-order chi connectivity index (χ0) is 16.2. The number of anilines is 1. The fourth-order valence-electron chi connectivity index (χ4n) is 2.51. The molecule has 2 aromatic rings. The van der Waals surface area contributed by atoms with E-state index < -0.39 is 10.0 Å². The average Bonchev–Trinajstić information content (AvgIpc) is 2.43. The van der Waals surface area contributed by atoms with Gasteiger partial charge in [-0.1, -0.05) is 23.8 Å². The van der Waals surface area contributed by atoms with Crippen molar-refractivity contribution in [3.63, 3.8) is 0 Å². The number of hydrogen-bond donors (Lipinski definition) is 2. The Kier molecular flexibility index (Phi) is 5.15. The molecule has 2 rings (SSSR count). The largest absolute Gasteiger partial charge is 0.369 e. The zero-order valence-corrected chi connectivity index (χ0v) is 13.9. The van der Waals surface area contributed by atoms with E-state index in [2.05, 4.69) is 15.0 Å². The summed E-state index contributed by atoms with van der Waals surface area (Å²) in [5, 5.41) is 3.07. The van der Waals surface area contributed by atoms with Crippen molar-refractivity contribution in [1.82, 2.24) is 9.71 Å². The maximum atomic E-state index is 12.4. The highest BCUT2D eigenvalue weighted by Crippen LogP contribution is 2.21. The smallest absolute Gasteiger partial charge is 0.241 e. The van der Waals surface area contributed by atoms with Crippen LogP contribution in [0.1, 0.15) is 16.7 Å². The van der Waals surface area contributed by atoms with E-state index >= 15 is 0 Å². The Balaban J connectivity index is 2.00. The van der Waals surface area contributed by atoms with E-state index in [0.717, 1.165) is 22.5 Å². The van der Waals surface area contributed by atoms with Gasteiger partial charge < -0.3 is 5.32 Å². The summed E-state index contributed by atoms with van der Waals surface area (Å²) in [4.78, 5) is 4.49. The average molecular weight is 319 g/mol. The number of nitrogens with one attached hydrogen (secondary N) is 2. The van der Waals surface area contributed by atoms with Crippen molar-refractivity contribution in [1.29, 1.82) is 0 Å². The molecule has 118 valence electrons. The molecule has 1 aromatic heterocycles. The predicted octanol–water partition coefficient (Wildman–Crippen LogP) is 2.40. The van der Waals surface area contributed by atoms with Crippen LogP contribution >= 0.6 is 0 Å². The second-order valence-corrected chi connectivity index (χ2v) is 6.97. The number of pyridine rings is 1. The molecular weight excluding hydrogens is 298 g/mol. The van der Waals surface area contributed by atoms with E-state index in [4.69, 9.17) is 0 Å². The minimum Gasteiger partial charge on any atom is -0.369 e. The molecule has 5 nitrogen and oxygen atoms in total. The Morgan fingerprint density at radius 3 is 2.32 bits per heavy atom. The van der Waals surface area contributed by atoms with Gasteiger partial charge in [-0.25, -0.2) is 18.1 Å². The molecule has 2 N–H and O–H groups in total. The molecule has 0 saturated heterocycles. The van der Waals surface area contributed by atoms with Crippen molar-refractivity contribution < 1.29 is 8.42 Å². The number of aryl methyl sites for hydroxylation is 3. The standard InChI is InChI=1S/C16H21N3O2S/c1-12-10-13(2)16(14(3)11-12)22(20,21)19-9-8-18-15-6-4-5-7-17-15/h4-7,10-11,19H,8-9H2,1-3H3,(H,17,18). The molecule has 0 amide bonds. The molecule has 0 bridgehead atoms. The Morgan fingerprint density at radius 2 is 1.73 bits per heavy atom. The lowest BCUT2D eigenvalue weighted by atomic mass is 10.1. The van der Waals surface area contributed by atoms with E-state index in [0.29, 0.717) is 18.0 Å². The summed E-state index contributed by atoms with van der Waals surface area (Å²) in [7, 11) is -3.50. The minimum atomic E-state index is -3.50. The molecule has 0 aliphatic heterocycles. The number of rotatable bonds is 6. The highest BCUT2D eigenvalue weighted by molar-refractivity contribution is 7.89. The summed E-state index contributed by atoms with van der Waals surface area (Å²) in [5.74, 6) is 0.726. The maximum Gasteiger partial charge on any atom is 0.241 e. The molecule has 0 unspecified atom stereocenters. The third kappa shape index (κ3) is 4.05. The van der Waals surface area contributed by atoms with Crippen molar-refractivity contribution in [3.8, 4) is 0 Å². The molecule has 22 heavy (non-hydrogen) atoms. The van der Waals surface area contributed by atoms with Gasteiger partial charge in [-0.3, -0.25) is 0 Å². The molecule has 0 atom stereocenters. The van der Waals surface area contributed by atoms with Crippen LogP contribution in [0, 0.1) is 20.8 Å². The van der Waals surface area contributed by atoms with Gasteiger partial charge in [0.1, 0.15) is 5.82 Å². The van der Waals surface area contributed by atoms with Crippen LogP contribution in [-0.4, -0.2) is 26.5 Å². The summed E-state index contributed by atoms with van der Waals surface area (Å²) < 4.78 is 27.5. The van der Waals surface area contributed by atoms with E-state index in [9.17, 15) is 8.42 Å². The van der Waals surface area contributed by atoms with Crippen LogP contribution in [0.25, 0.3) is 0 Å². The molecule has 1 heterocycles. The third-order valence-electron chi connectivity index (χ3n) is 3.26. The molecule has 1 aromatic carbocycles. The molecule has 6 heteroatoms. The van der Waals surface area contributed by atoms with Crippen LogP contribution in [0.5, 0.6) is 0 Å².